The van der Waals surface area contributed by atoms with Gasteiger partial charge in [-0.15, -0.1) is 11.3 Å². The maximum Gasteiger partial charge on any atom is 0.333 e. The Morgan fingerprint density at radius 3 is 2.89 bits per heavy atom. The molecule has 0 aliphatic heterocycles. The normalized spacial score (nSPS) is 19.7. The first-order valence-corrected chi connectivity index (χ1v) is 13.5. The van der Waals surface area contributed by atoms with Crippen LogP contribution in [-0.4, -0.2) is 48.0 Å². The SMILES string of the molecule is N#Cc1sc(C(=O)c2cncnc2NC2CC[C@H](COS(N)(=O)=O)[C@H]2O)cc1Cc1cccc(Cl)c1. The summed E-state index contributed by atoms with van der Waals surface area (Å²) in [5, 5.41) is 28.8. The Kier molecular flexibility index (Phi) is 7.99. The van der Waals surface area contributed by atoms with Crippen LogP contribution in [-0.2, 0) is 20.9 Å². The van der Waals surface area contributed by atoms with Gasteiger partial charge in [0.25, 0.3) is 0 Å². The van der Waals surface area contributed by atoms with Gasteiger partial charge in [0.2, 0.25) is 5.78 Å². The monoisotopic (exact) mass is 547 g/mol. The van der Waals surface area contributed by atoms with Crippen molar-refractivity contribution in [3.05, 3.63) is 74.3 Å². The molecular formula is C23H22ClN5O5S2. The van der Waals surface area contributed by atoms with E-state index in [1.807, 2.05) is 18.2 Å². The molecule has 3 atom stereocenters. The van der Waals surface area contributed by atoms with Crippen molar-refractivity contribution in [2.75, 3.05) is 11.9 Å². The van der Waals surface area contributed by atoms with Crippen LogP contribution in [0.4, 0.5) is 5.82 Å². The molecule has 10 nitrogen and oxygen atoms in total. The highest BCUT2D eigenvalue weighted by Gasteiger charge is 2.36. The summed E-state index contributed by atoms with van der Waals surface area (Å²) < 4.78 is 26.8. The number of nitrogens with two attached hydrogens (primary N) is 1. The van der Waals surface area contributed by atoms with E-state index in [-0.39, 0.29) is 23.8 Å². The molecule has 1 aromatic carbocycles. The zero-order chi connectivity index (χ0) is 25.9. The molecule has 1 unspecified atom stereocenters. The second-order valence-electron chi connectivity index (χ2n) is 8.35. The molecule has 0 spiro atoms. The molecule has 188 valence electrons. The van der Waals surface area contributed by atoms with Gasteiger partial charge in [-0.3, -0.25) is 8.98 Å². The van der Waals surface area contributed by atoms with Crippen LogP contribution >= 0.6 is 22.9 Å². The molecule has 36 heavy (non-hydrogen) atoms. The van der Waals surface area contributed by atoms with Crippen LogP contribution in [0.2, 0.25) is 5.02 Å². The molecule has 1 fully saturated rings. The molecule has 0 saturated heterocycles. The first-order chi connectivity index (χ1) is 17.1. The molecule has 2 aromatic heterocycles. The summed E-state index contributed by atoms with van der Waals surface area (Å²) in [6.45, 7) is -0.241. The molecule has 2 heterocycles. The largest absolute Gasteiger partial charge is 0.391 e. The number of nitrogens with zero attached hydrogens (tertiary/aromatic N) is 3. The summed E-state index contributed by atoms with van der Waals surface area (Å²) >= 11 is 7.16. The highest BCUT2D eigenvalue weighted by Crippen LogP contribution is 2.31. The van der Waals surface area contributed by atoms with Gasteiger partial charge in [-0.05, 0) is 48.6 Å². The zero-order valence-corrected chi connectivity index (χ0v) is 21.2. The summed E-state index contributed by atoms with van der Waals surface area (Å²) in [6, 6.07) is 10.6. The minimum absolute atomic E-state index is 0.189. The number of hydrogen-bond donors (Lipinski definition) is 3. The molecule has 3 aromatic rings. The number of aromatic nitrogens is 2. The van der Waals surface area contributed by atoms with Gasteiger partial charge in [0.1, 0.15) is 23.1 Å². The van der Waals surface area contributed by atoms with Crippen LogP contribution in [0, 0.1) is 17.2 Å². The van der Waals surface area contributed by atoms with Gasteiger partial charge in [0.15, 0.2) is 0 Å². The van der Waals surface area contributed by atoms with Crippen molar-refractivity contribution >= 4 is 44.8 Å². The number of ketones is 1. The second-order valence-corrected chi connectivity index (χ2v) is 11.1. The fraction of sp³-hybridized carbons (Fsp3) is 0.304. The number of nitrogens with one attached hydrogen (secondary N) is 1. The predicted molar refractivity (Wildman–Crippen MR) is 134 cm³/mol. The first-order valence-electron chi connectivity index (χ1n) is 10.9. The Morgan fingerprint density at radius 1 is 1.36 bits per heavy atom. The lowest BCUT2D eigenvalue weighted by atomic mass is 10.0. The molecule has 1 aliphatic carbocycles. The highest BCUT2D eigenvalue weighted by atomic mass is 35.5. The first kappa shape index (κ1) is 26.2. The number of aliphatic hydroxyl groups excluding tert-OH is 1. The average molecular weight is 548 g/mol. The van der Waals surface area contributed by atoms with Gasteiger partial charge in [-0.25, -0.2) is 15.1 Å². The minimum atomic E-state index is -4.11. The molecule has 1 saturated carbocycles. The third-order valence-corrected chi connectivity index (χ3v) is 7.67. The van der Waals surface area contributed by atoms with E-state index in [0.717, 1.165) is 16.9 Å². The molecular weight excluding hydrogens is 526 g/mol. The Balaban J connectivity index is 1.52. The standard InChI is InChI=1S/C23H22ClN5O5S2/c24-16-3-1-2-13(7-16)6-15-8-19(35-20(15)9-25)22(31)17-10-27-12-28-23(17)29-18-5-4-14(21(18)30)11-34-36(26,32)33/h1-3,7-8,10,12,14,18,21,30H,4-6,11H2,(H2,26,32,33)(H,27,28,29)/t14-,18?,21-/m1/s1. The van der Waals surface area contributed by atoms with E-state index in [0.29, 0.717) is 39.6 Å². The van der Waals surface area contributed by atoms with E-state index >= 15 is 0 Å². The Hall–Kier alpha value is -2.92. The summed E-state index contributed by atoms with van der Waals surface area (Å²) in [6.07, 6.45) is 3.15. The number of rotatable bonds is 9. The van der Waals surface area contributed by atoms with Crippen molar-refractivity contribution in [3.8, 4) is 6.07 Å². The fourth-order valence-electron chi connectivity index (χ4n) is 4.14. The van der Waals surface area contributed by atoms with E-state index in [4.69, 9.17) is 16.7 Å². The third-order valence-electron chi connectivity index (χ3n) is 5.89. The van der Waals surface area contributed by atoms with Gasteiger partial charge in [-0.1, -0.05) is 23.7 Å². The number of carbonyl (C=O) groups is 1. The van der Waals surface area contributed by atoms with Gasteiger partial charge < -0.3 is 10.4 Å². The van der Waals surface area contributed by atoms with Gasteiger partial charge in [0.05, 0.1) is 29.2 Å². The van der Waals surface area contributed by atoms with Crippen LogP contribution in [0.5, 0.6) is 0 Å². The van der Waals surface area contributed by atoms with E-state index in [1.165, 1.54) is 12.5 Å². The van der Waals surface area contributed by atoms with Crippen molar-refractivity contribution in [2.24, 2.45) is 11.1 Å². The third kappa shape index (κ3) is 6.25. The quantitative estimate of drug-likeness (QED) is 0.341. The van der Waals surface area contributed by atoms with Crippen LogP contribution in [0.3, 0.4) is 0 Å². The number of nitriles is 1. The molecule has 4 N–H and O–H groups in total. The molecule has 0 radical (unpaired) electrons. The lowest BCUT2D eigenvalue weighted by Gasteiger charge is -2.21. The van der Waals surface area contributed by atoms with Gasteiger partial charge in [-0.2, -0.15) is 13.7 Å². The number of aliphatic hydroxyl groups is 1. The van der Waals surface area contributed by atoms with E-state index in [9.17, 15) is 23.6 Å². The lowest BCUT2D eigenvalue weighted by molar-refractivity contribution is 0.0936. The molecule has 4 rings (SSSR count). The number of hydrogen-bond acceptors (Lipinski definition) is 10. The predicted octanol–water partition coefficient (Wildman–Crippen LogP) is 2.66. The number of halogens is 1. The summed E-state index contributed by atoms with van der Waals surface area (Å²) in [7, 11) is -4.11. The van der Waals surface area contributed by atoms with Gasteiger partial charge >= 0.3 is 10.3 Å². The smallest absolute Gasteiger partial charge is 0.333 e. The van der Waals surface area contributed by atoms with E-state index in [1.54, 1.807) is 12.1 Å². The maximum absolute atomic E-state index is 13.4. The Morgan fingerprint density at radius 2 is 2.17 bits per heavy atom. The summed E-state index contributed by atoms with van der Waals surface area (Å²) in [4.78, 5) is 22.3. The second kappa shape index (κ2) is 11.0. The fourth-order valence-corrected chi connectivity index (χ4v) is 5.65. The molecule has 0 amide bonds. The van der Waals surface area contributed by atoms with E-state index in [2.05, 4.69) is 25.5 Å². The molecule has 13 heteroatoms. The molecule has 0 bridgehead atoms. The number of carbonyl (C=O) groups excluding carboxylic acids is 1. The number of anilines is 1. The number of thiophene rings is 1. The van der Waals surface area contributed by atoms with Crippen molar-refractivity contribution in [1.29, 1.82) is 5.26 Å². The topological polar surface area (TPSA) is 168 Å². The Labute approximate surface area is 217 Å². The van der Waals surface area contributed by atoms with Crippen molar-refractivity contribution in [3.63, 3.8) is 0 Å². The minimum Gasteiger partial charge on any atom is -0.391 e. The van der Waals surface area contributed by atoms with Crippen molar-refractivity contribution in [1.82, 2.24) is 9.97 Å². The lowest BCUT2D eigenvalue weighted by Crippen LogP contribution is -2.35. The van der Waals surface area contributed by atoms with Crippen molar-refractivity contribution < 1.29 is 22.5 Å². The van der Waals surface area contributed by atoms with Crippen molar-refractivity contribution in [2.45, 2.75) is 31.4 Å². The summed E-state index contributed by atoms with van der Waals surface area (Å²) in [5.41, 5.74) is 1.81. The Bertz CT molecular complexity index is 1420. The highest BCUT2D eigenvalue weighted by molar-refractivity contribution is 7.84. The number of benzene rings is 1. The van der Waals surface area contributed by atoms with E-state index < -0.39 is 28.4 Å². The van der Waals surface area contributed by atoms with Gasteiger partial charge in [0, 0.05) is 17.1 Å². The van der Waals surface area contributed by atoms with Crippen LogP contribution < -0.4 is 10.5 Å². The average Bonchev–Trinajstić information content (AvgIpc) is 3.40. The maximum atomic E-state index is 13.4. The molecule has 1 aliphatic rings. The zero-order valence-electron chi connectivity index (χ0n) is 18.8. The summed E-state index contributed by atoms with van der Waals surface area (Å²) in [5.74, 6) is -0.583. The van der Waals surface area contributed by atoms with Crippen LogP contribution in [0.15, 0.2) is 42.9 Å². The van der Waals surface area contributed by atoms with Crippen LogP contribution in [0.25, 0.3) is 0 Å². The van der Waals surface area contributed by atoms with Crippen LogP contribution in [0.1, 0.15) is 44.1 Å².